The fourth-order valence-corrected chi connectivity index (χ4v) is 12.3. The van der Waals surface area contributed by atoms with E-state index in [1.54, 1.807) is 11.1 Å². The van der Waals surface area contributed by atoms with E-state index < -0.39 is 0 Å². The quantitative estimate of drug-likeness (QED) is 0.224. The van der Waals surface area contributed by atoms with E-state index in [2.05, 4.69) is 110 Å². The van der Waals surface area contributed by atoms with Crippen LogP contribution in [-0.2, 0) is 10.8 Å². The summed E-state index contributed by atoms with van der Waals surface area (Å²) in [5.74, 6) is 5.55. The van der Waals surface area contributed by atoms with Gasteiger partial charge in [-0.1, -0.05) is 80.9 Å². The van der Waals surface area contributed by atoms with Crippen molar-refractivity contribution in [2.75, 3.05) is 4.90 Å². The zero-order chi connectivity index (χ0) is 29.9. The van der Waals surface area contributed by atoms with Gasteiger partial charge in [-0.15, -0.1) is 0 Å². The second-order valence-electron chi connectivity index (χ2n) is 16.8. The SMILES string of the molecule is CC1(C)c2ccccc2-c2c(N(c3ccc(C4CC5CCC4C5)cc3)c3ccc(C45CC6CC(CC(C6)C4)C5)cc3)cccc21. The average molecular weight is 590 g/mol. The number of anilines is 3. The molecule has 0 N–H and O–H groups in total. The second-order valence-corrected chi connectivity index (χ2v) is 16.8. The van der Waals surface area contributed by atoms with E-state index in [9.17, 15) is 0 Å². The van der Waals surface area contributed by atoms with Gasteiger partial charge in [-0.25, -0.2) is 0 Å². The lowest BCUT2D eigenvalue weighted by atomic mass is 9.48. The third-order valence-electron chi connectivity index (χ3n) is 13.9. The maximum atomic E-state index is 2.57. The topological polar surface area (TPSA) is 3.24 Å². The molecule has 0 saturated heterocycles. The van der Waals surface area contributed by atoms with E-state index in [1.165, 1.54) is 104 Å². The molecule has 6 saturated carbocycles. The largest absolute Gasteiger partial charge is 0.310 e. The highest BCUT2D eigenvalue weighted by molar-refractivity contribution is 5.94. The highest BCUT2D eigenvalue weighted by atomic mass is 15.1. The Morgan fingerprint density at radius 3 is 1.87 bits per heavy atom. The lowest BCUT2D eigenvalue weighted by Crippen LogP contribution is -2.48. The minimum atomic E-state index is -0.0123. The lowest BCUT2D eigenvalue weighted by molar-refractivity contribution is -0.00518. The normalized spacial score (nSPS) is 32.9. The summed E-state index contributed by atoms with van der Waals surface area (Å²) in [7, 11) is 0. The average Bonchev–Trinajstić information content (AvgIpc) is 3.75. The van der Waals surface area contributed by atoms with Crippen LogP contribution in [0.1, 0.15) is 106 Å². The van der Waals surface area contributed by atoms with Crippen LogP contribution in [0.5, 0.6) is 0 Å². The first kappa shape index (κ1) is 26.9. The Balaban J connectivity index is 1.08. The van der Waals surface area contributed by atoms with Gasteiger partial charge < -0.3 is 4.90 Å². The van der Waals surface area contributed by atoms with Crippen LogP contribution < -0.4 is 4.90 Å². The summed E-state index contributed by atoms with van der Waals surface area (Å²) < 4.78 is 0. The van der Waals surface area contributed by atoms with E-state index in [4.69, 9.17) is 0 Å². The molecule has 6 bridgehead atoms. The molecule has 1 heteroatoms. The molecular formula is C44H47N. The summed E-state index contributed by atoms with van der Waals surface area (Å²) in [4.78, 5) is 2.57. The number of nitrogens with zero attached hydrogens (tertiary/aromatic N) is 1. The van der Waals surface area contributed by atoms with Gasteiger partial charge in [-0.05, 0) is 157 Å². The van der Waals surface area contributed by atoms with Crippen molar-refractivity contribution in [3.05, 3.63) is 113 Å². The van der Waals surface area contributed by atoms with E-state index in [0.29, 0.717) is 5.41 Å². The fourth-order valence-electron chi connectivity index (χ4n) is 12.3. The van der Waals surface area contributed by atoms with Gasteiger partial charge in [0.15, 0.2) is 0 Å². The Labute approximate surface area is 270 Å². The van der Waals surface area contributed by atoms with Crippen molar-refractivity contribution < 1.29 is 0 Å². The molecule has 3 atom stereocenters. The first-order chi connectivity index (χ1) is 21.9. The molecule has 1 nitrogen and oxygen atoms in total. The molecule has 7 aliphatic rings. The zero-order valence-electron chi connectivity index (χ0n) is 27.1. The molecule has 0 spiro atoms. The van der Waals surface area contributed by atoms with Gasteiger partial charge in [-0.2, -0.15) is 0 Å². The van der Waals surface area contributed by atoms with Gasteiger partial charge >= 0.3 is 0 Å². The van der Waals surface area contributed by atoms with E-state index in [0.717, 1.165) is 35.5 Å². The molecule has 0 aromatic heterocycles. The van der Waals surface area contributed by atoms with Crippen LogP contribution in [0.2, 0.25) is 0 Å². The van der Waals surface area contributed by atoms with Gasteiger partial charge in [0, 0.05) is 22.4 Å². The predicted molar refractivity (Wildman–Crippen MR) is 187 cm³/mol. The van der Waals surface area contributed by atoms with Crippen LogP contribution in [0.4, 0.5) is 17.1 Å². The summed E-state index contributed by atoms with van der Waals surface area (Å²) in [5.41, 5.74) is 13.1. The van der Waals surface area contributed by atoms with Crippen LogP contribution in [0.15, 0.2) is 91.0 Å². The van der Waals surface area contributed by atoms with Crippen molar-refractivity contribution in [3.8, 4) is 11.1 Å². The summed E-state index contributed by atoms with van der Waals surface area (Å²) in [6.45, 7) is 4.80. The molecule has 7 aliphatic carbocycles. The molecule has 4 aromatic carbocycles. The number of hydrogen-bond acceptors (Lipinski definition) is 1. The van der Waals surface area contributed by atoms with Crippen LogP contribution >= 0.6 is 0 Å². The van der Waals surface area contributed by atoms with Crippen molar-refractivity contribution in [2.45, 2.75) is 94.8 Å². The smallest absolute Gasteiger partial charge is 0.0543 e. The Morgan fingerprint density at radius 2 is 1.22 bits per heavy atom. The number of rotatable bonds is 5. The minimum absolute atomic E-state index is 0.0123. The van der Waals surface area contributed by atoms with Gasteiger partial charge in [0.25, 0.3) is 0 Å². The molecule has 0 radical (unpaired) electrons. The maximum Gasteiger partial charge on any atom is 0.0543 e. The van der Waals surface area contributed by atoms with E-state index in [1.807, 2.05) is 0 Å². The highest BCUT2D eigenvalue weighted by Crippen LogP contribution is 2.61. The molecule has 45 heavy (non-hydrogen) atoms. The van der Waals surface area contributed by atoms with Crippen molar-refractivity contribution in [1.82, 2.24) is 0 Å². The van der Waals surface area contributed by atoms with E-state index in [-0.39, 0.29) is 5.41 Å². The van der Waals surface area contributed by atoms with E-state index >= 15 is 0 Å². The molecule has 11 rings (SSSR count). The van der Waals surface area contributed by atoms with Crippen LogP contribution in [0.3, 0.4) is 0 Å². The Morgan fingerprint density at radius 1 is 0.578 bits per heavy atom. The van der Waals surface area contributed by atoms with Gasteiger partial charge in [0.2, 0.25) is 0 Å². The van der Waals surface area contributed by atoms with Gasteiger partial charge in [0.1, 0.15) is 0 Å². The van der Waals surface area contributed by atoms with Crippen LogP contribution in [-0.4, -0.2) is 0 Å². The molecule has 4 aromatic rings. The van der Waals surface area contributed by atoms with Crippen molar-refractivity contribution in [2.24, 2.45) is 29.6 Å². The highest BCUT2D eigenvalue weighted by Gasteiger charge is 2.51. The molecule has 0 heterocycles. The van der Waals surface area contributed by atoms with Crippen molar-refractivity contribution >= 4 is 17.1 Å². The Hall–Kier alpha value is -3.32. The van der Waals surface area contributed by atoms with Gasteiger partial charge in [-0.3, -0.25) is 0 Å². The van der Waals surface area contributed by atoms with Crippen molar-refractivity contribution in [1.29, 1.82) is 0 Å². The zero-order valence-corrected chi connectivity index (χ0v) is 27.1. The second kappa shape index (κ2) is 9.60. The first-order valence-corrected chi connectivity index (χ1v) is 18.2. The van der Waals surface area contributed by atoms with Crippen LogP contribution in [0, 0.1) is 29.6 Å². The van der Waals surface area contributed by atoms with Crippen LogP contribution in [0.25, 0.3) is 11.1 Å². The lowest BCUT2D eigenvalue weighted by Gasteiger charge is -2.57. The summed E-state index contributed by atoms with van der Waals surface area (Å²) in [6, 6.07) is 35.9. The summed E-state index contributed by atoms with van der Waals surface area (Å²) in [5, 5.41) is 0. The Bertz CT molecular complexity index is 1740. The molecule has 0 aliphatic heterocycles. The first-order valence-electron chi connectivity index (χ1n) is 18.2. The number of hydrogen-bond donors (Lipinski definition) is 0. The summed E-state index contributed by atoms with van der Waals surface area (Å²) >= 11 is 0. The fraction of sp³-hybridized carbons (Fsp3) is 0.455. The molecule has 0 amide bonds. The standard InChI is InChI=1S/C44H47N/c1-43(2)39-7-4-3-6-37(39)42-40(43)8-5-9-41(42)45(35-16-12-32(13-17-35)38-24-28-10-11-33(38)23-28)36-18-14-34(15-19-36)44-25-29-20-30(26-44)22-31(21-29)27-44/h3-9,12-19,28-31,33,38H,10-11,20-27H2,1-2H3. The number of fused-ring (bicyclic) bond motifs is 5. The molecule has 228 valence electrons. The molecule has 6 fully saturated rings. The monoisotopic (exact) mass is 589 g/mol. The Kier molecular flexibility index (Phi) is 5.73. The third-order valence-corrected chi connectivity index (χ3v) is 13.9. The molecule has 3 unspecified atom stereocenters. The third kappa shape index (κ3) is 3.98. The minimum Gasteiger partial charge on any atom is -0.310 e. The number of benzene rings is 4. The summed E-state index contributed by atoms with van der Waals surface area (Å²) in [6.07, 6.45) is 14.5. The predicted octanol–water partition coefficient (Wildman–Crippen LogP) is 11.8. The molecular weight excluding hydrogens is 542 g/mol. The van der Waals surface area contributed by atoms with Crippen molar-refractivity contribution in [3.63, 3.8) is 0 Å². The van der Waals surface area contributed by atoms with Gasteiger partial charge in [0.05, 0.1) is 5.69 Å². The maximum absolute atomic E-state index is 2.57.